The SMILES string of the molecule is O=C(CCC1CC1)Nc1ccn[nH]1. The molecule has 1 aromatic heterocycles. The van der Waals surface area contributed by atoms with E-state index >= 15 is 0 Å². The van der Waals surface area contributed by atoms with Crippen LogP contribution >= 0.6 is 0 Å². The fourth-order valence-corrected chi connectivity index (χ4v) is 1.28. The van der Waals surface area contributed by atoms with Crippen molar-refractivity contribution in [2.45, 2.75) is 25.7 Å². The second-order valence-corrected chi connectivity index (χ2v) is 3.50. The monoisotopic (exact) mass is 179 g/mol. The molecule has 1 saturated carbocycles. The third-order valence-electron chi connectivity index (χ3n) is 2.25. The van der Waals surface area contributed by atoms with Crippen LogP contribution < -0.4 is 5.32 Å². The number of amides is 1. The molecule has 0 aliphatic heterocycles. The van der Waals surface area contributed by atoms with Gasteiger partial charge in [-0.1, -0.05) is 12.8 Å². The van der Waals surface area contributed by atoms with Crippen LogP contribution in [0.2, 0.25) is 0 Å². The van der Waals surface area contributed by atoms with E-state index in [0.717, 1.165) is 12.3 Å². The normalized spacial score (nSPS) is 15.7. The van der Waals surface area contributed by atoms with Crippen LogP contribution in [-0.2, 0) is 4.79 Å². The van der Waals surface area contributed by atoms with Crippen LogP contribution in [0.3, 0.4) is 0 Å². The zero-order valence-electron chi connectivity index (χ0n) is 7.42. The fourth-order valence-electron chi connectivity index (χ4n) is 1.28. The average Bonchev–Trinajstić information content (AvgIpc) is 2.82. The van der Waals surface area contributed by atoms with E-state index in [1.165, 1.54) is 12.8 Å². The molecule has 70 valence electrons. The number of rotatable bonds is 4. The van der Waals surface area contributed by atoms with Gasteiger partial charge in [0.15, 0.2) is 0 Å². The van der Waals surface area contributed by atoms with Gasteiger partial charge in [0.05, 0.1) is 6.20 Å². The molecular weight excluding hydrogens is 166 g/mol. The standard InChI is InChI=1S/C9H13N3O/c13-9(4-3-7-1-2-7)11-8-5-6-10-12-8/h5-7H,1-4H2,(H2,10,11,12,13). The number of aromatic amines is 1. The molecule has 4 nitrogen and oxygen atoms in total. The van der Waals surface area contributed by atoms with Crippen LogP contribution in [0.4, 0.5) is 5.82 Å². The molecule has 1 fully saturated rings. The van der Waals surface area contributed by atoms with Crippen LogP contribution in [0.1, 0.15) is 25.7 Å². The first kappa shape index (κ1) is 8.29. The van der Waals surface area contributed by atoms with Crippen molar-refractivity contribution in [1.29, 1.82) is 0 Å². The van der Waals surface area contributed by atoms with Gasteiger partial charge in [0, 0.05) is 12.5 Å². The van der Waals surface area contributed by atoms with Crippen molar-refractivity contribution >= 4 is 11.7 Å². The molecule has 0 atom stereocenters. The Hall–Kier alpha value is -1.32. The summed E-state index contributed by atoms with van der Waals surface area (Å²) in [6.45, 7) is 0. The summed E-state index contributed by atoms with van der Waals surface area (Å²) in [5.41, 5.74) is 0. The number of nitrogens with zero attached hydrogens (tertiary/aromatic N) is 1. The minimum Gasteiger partial charge on any atom is -0.311 e. The molecule has 4 heteroatoms. The zero-order chi connectivity index (χ0) is 9.10. The van der Waals surface area contributed by atoms with Crippen LogP contribution in [0.5, 0.6) is 0 Å². The van der Waals surface area contributed by atoms with Crippen LogP contribution in [0.15, 0.2) is 12.3 Å². The predicted octanol–water partition coefficient (Wildman–Crippen LogP) is 1.54. The quantitative estimate of drug-likeness (QED) is 0.736. The molecule has 1 aliphatic rings. The Morgan fingerprint density at radius 2 is 2.54 bits per heavy atom. The molecular formula is C9H13N3O. The maximum Gasteiger partial charge on any atom is 0.225 e. The highest BCUT2D eigenvalue weighted by Crippen LogP contribution is 2.33. The molecule has 1 aliphatic carbocycles. The van der Waals surface area contributed by atoms with Crippen molar-refractivity contribution in [3.8, 4) is 0 Å². The molecule has 1 amide bonds. The Bertz CT molecular complexity index is 277. The maximum absolute atomic E-state index is 11.3. The van der Waals surface area contributed by atoms with E-state index in [1.807, 2.05) is 0 Å². The number of hydrogen-bond acceptors (Lipinski definition) is 2. The largest absolute Gasteiger partial charge is 0.311 e. The Kier molecular flexibility index (Phi) is 2.29. The molecule has 0 unspecified atom stereocenters. The third kappa shape index (κ3) is 2.57. The predicted molar refractivity (Wildman–Crippen MR) is 49.2 cm³/mol. The topological polar surface area (TPSA) is 57.8 Å². The van der Waals surface area contributed by atoms with Gasteiger partial charge in [-0.05, 0) is 12.3 Å². The molecule has 2 N–H and O–H groups in total. The summed E-state index contributed by atoms with van der Waals surface area (Å²) in [7, 11) is 0. The maximum atomic E-state index is 11.3. The second kappa shape index (κ2) is 3.60. The number of aromatic nitrogens is 2. The van der Waals surface area contributed by atoms with E-state index in [9.17, 15) is 4.79 Å². The Morgan fingerprint density at radius 1 is 1.69 bits per heavy atom. The lowest BCUT2D eigenvalue weighted by molar-refractivity contribution is -0.116. The summed E-state index contributed by atoms with van der Waals surface area (Å²) in [5.74, 6) is 1.57. The first-order chi connectivity index (χ1) is 6.34. The molecule has 2 rings (SSSR count). The average molecular weight is 179 g/mol. The highest BCUT2D eigenvalue weighted by Gasteiger charge is 2.21. The van der Waals surface area contributed by atoms with E-state index in [4.69, 9.17) is 0 Å². The number of carbonyl (C=O) groups excluding carboxylic acids is 1. The minimum atomic E-state index is 0.0798. The minimum absolute atomic E-state index is 0.0798. The first-order valence-corrected chi connectivity index (χ1v) is 4.64. The van der Waals surface area contributed by atoms with Crippen LogP contribution in [0, 0.1) is 5.92 Å². The summed E-state index contributed by atoms with van der Waals surface area (Å²) in [6, 6.07) is 1.75. The lowest BCUT2D eigenvalue weighted by Gasteiger charge is -2.00. The molecule has 0 radical (unpaired) electrons. The van der Waals surface area contributed by atoms with E-state index < -0.39 is 0 Å². The zero-order valence-corrected chi connectivity index (χ0v) is 7.42. The molecule has 0 spiro atoms. The van der Waals surface area contributed by atoms with Crippen molar-refractivity contribution in [3.63, 3.8) is 0 Å². The summed E-state index contributed by atoms with van der Waals surface area (Å²) in [6.07, 6.45) is 5.88. The molecule has 0 aromatic carbocycles. The highest BCUT2D eigenvalue weighted by molar-refractivity contribution is 5.89. The summed E-state index contributed by atoms with van der Waals surface area (Å²) >= 11 is 0. The molecule has 0 saturated heterocycles. The fraction of sp³-hybridized carbons (Fsp3) is 0.556. The van der Waals surface area contributed by atoms with Gasteiger partial charge in [0.1, 0.15) is 5.82 Å². The molecule has 1 aromatic rings. The second-order valence-electron chi connectivity index (χ2n) is 3.50. The van der Waals surface area contributed by atoms with Gasteiger partial charge >= 0.3 is 0 Å². The highest BCUT2D eigenvalue weighted by atomic mass is 16.1. The van der Waals surface area contributed by atoms with Gasteiger partial charge in [-0.2, -0.15) is 5.10 Å². The first-order valence-electron chi connectivity index (χ1n) is 4.64. The van der Waals surface area contributed by atoms with Crippen molar-refractivity contribution in [2.75, 3.05) is 5.32 Å². The number of anilines is 1. The van der Waals surface area contributed by atoms with Crippen molar-refractivity contribution in [2.24, 2.45) is 5.92 Å². The van der Waals surface area contributed by atoms with Gasteiger partial charge in [0.25, 0.3) is 0 Å². The van der Waals surface area contributed by atoms with Gasteiger partial charge in [0.2, 0.25) is 5.91 Å². The Labute approximate surface area is 76.7 Å². The van der Waals surface area contributed by atoms with Crippen molar-refractivity contribution in [3.05, 3.63) is 12.3 Å². The lowest BCUT2D eigenvalue weighted by Crippen LogP contribution is -2.11. The van der Waals surface area contributed by atoms with Gasteiger partial charge in [-0.25, -0.2) is 0 Å². The number of H-pyrrole nitrogens is 1. The summed E-state index contributed by atoms with van der Waals surface area (Å²) in [5, 5.41) is 9.18. The van der Waals surface area contributed by atoms with Gasteiger partial charge in [-0.15, -0.1) is 0 Å². The van der Waals surface area contributed by atoms with E-state index in [2.05, 4.69) is 15.5 Å². The Balaban J connectivity index is 1.71. The number of hydrogen-bond donors (Lipinski definition) is 2. The lowest BCUT2D eigenvalue weighted by atomic mass is 10.2. The smallest absolute Gasteiger partial charge is 0.225 e. The van der Waals surface area contributed by atoms with Crippen LogP contribution in [-0.4, -0.2) is 16.1 Å². The van der Waals surface area contributed by atoms with E-state index in [0.29, 0.717) is 12.2 Å². The summed E-state index contributed by atoms with van der Waals surface area (Å²) in [4.78, 5) is 11.3. The third-order valence-corrected chi connectivity index (χ3v) is 2.25. The number of nitrogens with one attached hydrogen (secondary N) is 2. The van der Waals surface area contributed by atoms with Gasteiger partial charge in [-0.3, -0.25) is 9.89 Å². The molecule has 0 bridgehead atoms. The summed E-state index contributed by atoms with van der Waals surface area (Å²) < 4.78 is 0. The number of carbonyl (C=O) groups is 1. The van der Waals surface area contributed by atoms with Gasteiger partial charge < -0.3 is 5.32 Å². The van der Waals surface area contributed by atoms with E-state index in [-0.39, 0.29) is 5.91 Å². The Morgan fingerprint density at radius 3 is 3.15 bits per heavy atom. The van der Waals surface area contributed by atoms with Crippen molar-refractivity contribution in [1.82, 2.24) is 10.2 Å². The van der Waals surface area contributed by atoms with E-state index in [1.54, 1.807) is 12.3 Å². The molecule has 1 heterocycles. The molecule has 13 heavy (non-hydrogen) atoms. The van der Waals surface area contributed by atoms with Crippen LogP contribution in [0.25, 0.3) is 0 Å². The van der Waals surface area contributed by atoms with Crippen molar-refractivity contribution < 1.29 is 4.79 Å².